The molecule has 0 aromatic carbocycles. The molecule has 0 aliphatic rings. The first-order valence-electron chi connectivity index (χ1n) is 5.80. The molecule has 90 valence electrons. The summed E-state index contributed by atoms with van der Waals surface area (Å²) in [7, 11) is 0. The molecule has 1 N–H and O–H groups in total. The Bertz CT molecular complexity index is 505. The van der Waals surface area contributed by atoms with Gasteiger partial charge in [0.05, 0.1) is 17.5 Å². The van der Waals surface area contributed by atoms with Crippen LogP contribution in [0.1, 0.15) is 23.9 Å². The number of rotatable bonds is 4. The van der Waals surface area contributed by atoms with Gasteiger partial charge in [0.1, 0.15) is 5.76 Å². The Balaban J connectivity index is 2.34. The maximum Gasteiger partial charge on any atom is 0.162 e. The number of hydrogen-bond donors (Lipinski definition) is 1. The maximum atomic E-state index is 5.27. The van der Waals surface area contributed by atoms with Crippen LogP contribution in [0.15, 0.2) is 22.9 Å². The molecule has 17 heavy (non-hydrogen) atoms. The van der Waals surface area contributed by atoms with E-state index in [1.165, 1.54) is 0 Å². The molecule has 0 aliphatic heterocycles. The van der Waals surface area contributed by atoms with Crippen LogP contribution in [0.3, 0.4) is 0 Å². The Hall–Kier alpha value is -1.68. The summed E-state index contributed by atoms with van der Waals surface area (Å²) in [6.45, 7) is 7.73. The molecule has 0 fully saturated rings. The van der Waals surface area contributed by atoms with E-state index in [9.17, 15) is 0 Å². The van der Waals surface area contributed by atoms with Gasteiger partial charge in [-0.15, -0.1) is 0 Å². The number of aryl methyl sites for hydroxylation is 2. The summed E-state index contributed by atoms with van der Waals surface area (Å²) in [6.07, 6.45) is 3.53. The number of nitrogens with one attached hydrogen (secondary N) is 1. The fourth-order valence-electron chi connectivity index (χ4n) is 1.65. The fraction of sp³-hybridized carbons (Fsp3) is 0.385. The zero-order valence-corrected chi connectivity index (χ0v) is 10.4. The van der Waals surface area contributed by atoms with E-state index >= 15 is 0 Å². The van der Waals surface area contributed by atoms with E-state index in [4.69, 9.17) is 4.42 Å². The molecular weight excluding hydrogens is 214 g/mol. The molecule has 0 atom stereocenters. The summed E-state index contributed by atoms with van der Waals surface area (Å²) in [5.41, 5.74) is 3.11. The van der Waals surface area contributed by atoms with Crippen molar-refractivity contribution in [3.8, 4) is 11.4 Å². The van der Waals surface area contributed by atoms with E-state index in [-0.39, 0.29) is 0 Å². The van der Waals surface area contributed by atoms with Crippen molar-refractivity contribution < 1.29 is 4.42 Å². The fourth-order valence-corrected chi connectivity index (χ4v) is 1.65. The van der Waals surface area contributed by atoms with E-state index in [0.29, 0.717) is 0 Å². The van der Waals surface area contributed by atoms with Crippen molar-refractivity contribution in [3.05, 3.63) is 35.5 Å². The third kappa shape index (κ3) is 2.53. The van der Waals surface area contributed by atoms with E-state index in [2.05, 4.69) is 22.2 Å². The van der Waals surface area contributed by atoms with Crippen LogP contribution >= 0.6 is 0 Å². The number of nitrogens with zero attached hydrogens (tertiary/aromatic N) is 2. The Morgan fingerprint density at radius 1 is 1.35 bits per heavy atom. The van der Waals surface area contributed by atoms with Gasteiger partial charge in [-0.25, -0.2) is 9.97 Å². The highest BCUT2D eigenvalue weighted by atomic mass is 16.3. The lowest BCUT2D eigenvalue weighted by molar-refractivity contribution is 0.535. The van der Waals surface area contributed by atoms with Crippen molar-refractivity contribution >= 4 is 0 Å². The summed E-state index contributed by atoms with van der Waals surface area (Å²) >= 11 is 0. The molecule has 4 heteroatoms. The molecule has 0 saturated heterocycles. The summed E-state index contributed by atoms with van der Waals surface area (Å²) in [5, 5.41) is 3.28. The van der Waals surface area contributed by atoms with Crippen molar-refractivity contribution in [1.29, 1.82) is 0 Å². The lowest BCUT2D eigenvalue weighted by Gasteiger charge is -2.07. The first-order valence-corrected chi connectivity index (χ1v) is 5.80. The van der Waals surface area contributed by atoms with Gasteiger partial charge in [-0.05, 0) is 32.0 Å². The lowest BCUT2D eigenvalue weighted by Crippen LogP contribution is -2.14. The minimum atomic E-state index is 0.731. The Labute approximate surface area is 101 Å². The molecule has 0 amide bonds. The maximum absolute atomic E-state index is 5.27. The minimum Gasteiger partial charge on any atom is -0.469 e. The van der Waals surface area contributed by atoms with Crippen LogP contribution < -0.4 is 5.32 Å². The average Bonchev–Trinajstić information content (AvgIpc) is 2.75. The second kappa shape index (κ2) is 5.10. The summed E-state index contributed by atoms with van der Waals surface area (Å²) in [5.74, 6) is 1.58. The second-order valence-electron chi connectivity index (χ2n) is 3.99. The Morgan fingerprint density at radius 2 is 2.18 bits per heavy atom. The van der Waals surface area contributed by atoms with Crippen LogP contribution in [0.25, 0.3) is 11.4 Å². The molecule has 2 heterocycles. The van der Waals surface area contributed by atoms with Crippen LogP contribution in [-0.4, -0.2) is 16.5 Å². The number of furan rings is 1. The first-order chi connectivity index (χ1) is 8.22. The zero-order chi connectivity index (χ0) is 12.3. The molecule has 0 saturated carbocycles. The van der Waals surface area contributed by atoms with Gasteiger partial charge in [-0.2, -0.15) is 0 Å². The molecule has 2 rings (SSSR count). The third-order valence-electron chi connectivity index (χ3n) is 2.72. The molecule has 4 nitrogen and oxygen atoms in total. The third-order valence-corrected chi connectivity index (χ3v) is 2.72. The largest absolute Gasteiger partial charge is 0.469 e. The van der Waals surface area contributed by atoms with Crippen molar-refractivity contribution in [1.82, 2.24) is 15.3 Å². The van der Waals surface area contributed by atoms with Gasteiger partial charge in [0.25, 0.3) is 0 Å². The van der Waals surface area contributed by atoms with Crippen molar-refractivity contribution in [2.45, 2.75) is 27.3 Å². The van der Waals surface area contributed by atoms with Crippen molar-refractivity contribution in [3.63, 3.8) is 0 Å². The van der Waals surface area contributed by atoms with Gasteiger partial charge in [-0.1, -0.05) is 6.92 Å². The molecule has 0 aliphatic carbocycles. The predicted octanol–water partition coefficient (Wildman–Crippen LogP) is 2.46. The van der Waals surface area contributed by atoms with Crippen LogP contribution in [0.4, 0.5) is 0 Å². The average molecular weight is 231 g/mol. The van der Waals surface area contributed by atoms with E-state index in [1.54, 1.807) is 6.26 Å². The zero-order valence-electron chi connectivity index (χ0n) is 10.4. The SMILES string of the molecule is CCNCc1nc(-c2ccoc2C)ncc1C. The van der Waals surface area contributed by atoms with Gasteiger partial charge in [0.15, 0.2) is 5.82 Å². The van der Waals surface area contributed by atoms with Gasteiger partial charge in [0.2, 0.25) is 0 Å². The smallest absolute Gasteiger partial charge is 0.162 e. The molecular formula is C13H17N3O. The molecule has 0 unspecified atom stereocenters. The van der Waals surface area contributed by atoms with Crippen LogP contribution in [-0.2, 0) is 6.54 Å². The standard InChI is InChI=1S/C13H17N3O/c1-4-14-8-12-9(2)7-15-13(16-12)11-5-6-17-10(11)3/h5-7,14H,4,8H2,1-3H3. The summed E-state index contributed by atoms with van der Waals surface area (Å²) in [6, 6.07) is 1.90. The van der Waals surface area contributed by atoms with Gasteiger partial charge >= 0.3 is 0 Å². The molecule has 2 aromatic rings. The predicted molar refractivity (Wildman–Crippen MR) is 66.6 cm³/mol. The van der Waals surface area contributed by atoms with Gasteiger partial charge in [-0.3, -0.25) is 0 Å². The van der Waals surface area contributed by atoms with Crippen LogP contribution in [0, 0.1) is 13.8 Å². The summed E-state index contributed by atoms with van der Waals surface area (Å²) in [4.78, 5) is 8.93. The second-order valence-corrected chi connectivity index (χ2v) is 3.99. The minimum absolute atomic E-state index is 0.731. The number of hydrogen-bond acceptors (Lipinski definition) is 4. The van der Waals surface area contributed by atoms with Crippen LogP contribution in [0.2, 0.25) is 0 Å². The van der Waals surface area contributed by atoms with Crippen molar-refractivity contribution in [2.24, 2.45) is 0 Å². The van der Waals surface area contributed by atoms with E-state index in [1.807, 2.05) is 26.1 Å². The van der Waals surface area contributed by atoms with Gasteiger partial charge < -0.3 is 9.73 Å². The Kier molecular flexibility index (Phi) is 3.54. The van der Waals surface area contributed by atoms with E-state index in [0.717, 1.165) is 41.5 Å². The molecule has 2 aromatic heterocycles. The highest BCUT2D eigenvalue weighted by molar-refractivity contribution is 5.57. The summed E-state index contributed by atoms with van der Waals surface area (Å²) < 4.78 is 5.27. The Morgan fingerprint density at radius 3 is 2.82 bits per heavy atom. The normalized spacial score (nSPS) is 10.8. The highest BCUT2D eigenvalue weighted by Gasteiger charge is 2.09. The van der Waals surface area contributed by atoms with E-state index < -0.39 is 0 Å². The monoisotopic (exact) mass is 231 g/mol. The lowest BCUT2D eigenvalue weighted by atomic mass is 10.2. The number of aromatic nitrogens is 2. The van der Waals surface area contributed by atoms with Crippen LogP contribution in [0.5, 0.6) is 0 Å². The van der Waals surface area contributed by atoms with Gasteiger partial charge in [0, 0.05) is 12.7 Å². The van der Waals surface area contributed by atoms with Crippen molar-refractivity contribution in [2.75, 3.05) is 6.54 Å². The highest BCUT2D eigenvalue weighted by Crippen LogP contribution is 2.21. The molecule has 0 spiro atoms. The quantitative estimate of drug-likeness (QED) is 0.878. The topological polar surface area (TPSA) is 51.0 Å². The first kappa shape index (κ1) is 11.8. The molecule has 0 bridgehead atoms. The molecule has 0 radical (unpaired) electrons.